The van der Waals surface area contributed by atoms with Gasteiger partial charge in [0.2, 0.25) is 0 Å². The van der Waals surface area contributed by atoms with Crippen molar-refractivity contribution in [1.29, 1.82) is 0 Å². The van der Waals surface area contributed by atoms with Crippen molar-refractivity contribution in [2.45, 2.75) is 6.10 Å². The van der Waals surface area contributed by atoms with Gasteiger partial charge in [0, 0.05) is 5.56 Å². The normalized spacial score (nSPS) is 12.3. The molecule has 2 nitrogen and oxygen atoms in total. The number of methoxy groups -OCH3 is 1. The minimum atomic E-state index is -1.67. The molecule has 0 saturated heterocycles. The van der Waals surface area contributed by atoms with Crippen LogP contribution in [0.1, 0.15) is 17.2 Å². The van der Waals surface area contributed by atoms with E-state index in [0.717, 1.165) is 18.2 Å². The summed E-state index contributed by atoms with van der Waals surface area (Å²) in [5.74, 6) is -2.31. The van der Waals surface area contributed by atoms with Crippen LogP contribution in [-0.2, 0) is 0 Å². The van der Waals surface area contributed by atoms with E-state index < -0.39 is 23.6 Å². The summed E-state index contributed by atoms with van der Waals surface area (Å²) < 4.78 is 46.0. The zero-order valence-corrected chi connectivity index (χ0v) is 11.9. The van der Waals surface area contributed by atoms with Crippen LogP contribution < -0.4 is 4.74 Å². The van der Waals surface area contributed by atoms with Crippen molar-refractivity contribution in [3.8, 4) is 5.75 Å². The smallest absolute Gasteiger partial charge is 0.137 e. The number of halogens is 4. The first-order chi connectivity index (χ1) is 9.45. The van der Waals surface area contributed by atoms with E-state index in [9.17, 15) is 18.3 Å². The van der Waals surface area contributed by atoms with Crippen LogP contribution in [0.3, 0.4) is 0 Å². The van der Waals surface area contributed by atoms with E-state index in [1.54, 1.807) is 0 Å². The van der Waals surface area contributed by atoms with E-state index in [4.69, 9.17) is 4.74 Å². The molecule has 0 heterocycles. The quantitative estimate of drug-likeness (QED) is 0.852. The lowest BCUT2D eigenvalue weighted by Crippen LogP contribution is -2.08. The SMILES string of the molecule is COc1cccc(F)c1C(O)c1cc(F)c(Br)cc1F. The Balaban J connectivity index is 2.57. The summed E-state index contributed by atoms with van der Waals surface area (Å²) in [6.07, 6.45) is -1.67. The molecule has 0 saturated carbocycles. The molecule has 0 aliphatic heterocycles. The average Bonchev–Trinajstić information content (AvgIpc) is 2.41. The van der Waals surface area contributed by atoms with Gasteiger partial charge in [0.05, 0.1) is 17.1 Å². The molecular formula is C14H10BrF3O2. The summed E-state index contributed by atoms with van der Waals surface area (Å²) in [6.45, 7) is 0. The van der Waals surface area contributed by atoms with Crippen LogP contribution in [0.4, 0.5) is 13.2 Å². The monoisotopic (exact) mass is 346 g/mol. The third kappa shape index (κ3) is 2.66. The third-order valence-corrected chi connectivity index (χ3v) is 3.45. The molecule has 6 heteroatoms. The second-order valence-electron chi connectivity index (χ2n) is 4.05. The van der Waals surface area contributed by atoms with Crippen molar-refractivity contribution in [2.75, 3.05) is 7.11 Å². The first kappa shape index (κ1) is 14.9. The van der Waals surface area contributed by atoms with Gasteiger partial charge < -0.3 is 9.84 Å². The Morgan fingerprint density at radius 3 is 2.45 bits per heavy atom. The lowest BCUT2D eigenvalue weighted by atomic mass is 9.99. The van der Waals surface area contributed by atoms with E-state index in [1.807, 2.05) is 0 Å². The van der Waals surface area contributed by atoms with Crippen LogP contribution in [-0.4, -0.2) is 12.2 Å². The van der Waals surface area contributed by atoms with Gasteiger partial charge in [-0.2, -0.15) is 0 Å². The van der Waals surface area contributed by atoms with Crippen molar-refractivity contribution < 1.29 is 23.0 Å². The highest BCUT2D eigenvalue weighted by atomic mass is 79.9. The fraction of sp³-hybridized carbons (Fsp3) is 0.143. The molecule has 2 rings (SSSR count). The van der Waals surface area contributed by atoms with Gasteiger partial charge in [-0.15, -0.1) is 0 Å². The maximum atomic E-state index is 13.8. The summed E-state index contributed by atoms with van der Waals surface area (Å²) in [7, 11) is 1.30. The molecule has 1 unspecified atom stereocenters. The Kier molecular flexibility index (Phi) is 4.35. The van der Waals surface area contributed by atoms with Crippen LogP contribution in [0.25, 0.3) is 0 Å². The number of hydrogen-bond donors (Lipinski definition) is 1. The Morgan fingerprint density at radius 1 is 1.10 bits per heavy atom. The van der Waals surface area contributed by atoms with Gasteiger partial charge in [0.15, 0.2) is 0 Å². The molecule has 106 valence electrons. The maximum Gasteiger partial charge on any atom is 0.137 e. The van der Waals surface area contributed by atoms with Crippen molar-refractivity contribution in [3.05, 3.63) is 63.4 Å². The fourth-order valence-corrected chi connectivity index (χ4v) is 2.18. The summed E-state index contributed by atoms with van der Waals surface area (Å²) in [5.41, 5.74) is -0.607. The van der Waals surface area contributed by atoms with Crippen molar-refractivity contribution in [3.63, 3.8) is 0 Å². The van der Waals surface area contributed by atoms with E-state index >= 15 is 0 Å². The standard InChI is InChI=1S/C14H10BrF3O2/c1-20-12-4-2-3-9(16)13(12)14(19)7-5-11(18)8(15)6-10(7)17/h2-6,14,19H,1H3. The lowest BCUT2D eigenvalue weighted by Gasteiger charge is -2.17. The molecule has 20 heavy (non-hydrogen) atoms. The number of aliphatic hydroxyl groups is 1. The van der Waals surface area contributed by atoms with Gasteiger partial charge in [0.1, 0.15) is 29.3 Å². The van der Waals surface area contributed by atoms with Crippen molar-refractivity contribution in [2.24, 2.45) is 0 Å². The van der Waals surface area contributed by atoms with Crippen LogP contribution in [0, 0.1) is 17.5 Å². The first-order valence-electron chi connectivity index (χ1n) is 5.60. The Morgan fingerprint density at radius 2 is 1.80 bits per heavy atom. The zero-order valence-electron chi connectivity index (χ0n) is 10.3. The largest absolute Gasteiger partial charge is 0.496 e. The van der Waals surface area contributed by atoms with Gasteiger partial charge in [0.25, 0.3) is 0 Å². The molecule has 2 aromatic rings. The van der Waals surface area contributed by atoms with Gasteiger partial charge in [-0.1, -0.05) is 6.07 Å². The molecule has 0 bridgehead atoms. The predicted octanol–water partition coefficient (Wildman–Crippen LogP) is 3.96. The van der Waals surface area contributed by atoms with Crippen molar-refractivity contribution >= 4 is 15.9 Å². The lowest BCUT2D eigenvalue weighted by molar-refractivity contribution is 0.203. The molecule has 0 aliphatic carbocycles. The van der Waals surface area contributed by atoms with E-state index in [-0.39, 0.29) is 21.3 Å². The van der Waals surface area contributed by atoms with Crippen LogP contribution in [0.2, 0.25) is 0 Å². The number of rotatable bonds is 3. The number of benzene rings is 2. The zero-order chi connectivity index (χ0) is 14.9. The Labute approximate surface area is 121 Å². The molecule has 0 spiro atoms. The number of hydrogen-bond acceptors (Lipinski definition) is 2. The highest BCUT2D eigenvalue weighted by molar-refractivity contribution is 9.10. The minimum Gasteiger partial charge on any atom is -0.496 e. The van der Waals surface area contributed by atoms with E-state index in [1.165, 1.54) is 19.2 Å². The number of ether oxygens (including phenoxy) is 1. The second-order valence-corrected chi connectivity index (χ2v) is 4.90. The molecule has 0 fully saturated rings. The minimum absolute atomic E-state index is 0.0558. The average molecular weight is 347 g/mol. The molecule has 0 radical (unpaired) electrons. The molecule has 2 aromatic carbocycles. The van der Waals surface area contributed by atoms with Crippen LogP contribution >= 0.6 is 15.9 Å². The first-order valence-corrected chi connectivity index (χ1v) is 6.40. The highest BCUT2D eigenvalue weighted by Crippen LogP contribution is 2.34. The third-order valence-electron chi connectivity index (χ3n) is 2.84. The van der Waals surface area contributed by atoms with Crippen LogP contribution in [0.5, 0.6) is 5.75 Å². The van der Waals surface area contributed by atoms with Crippen molar-refractivity contribution in [1.82, 2.24) is 0 Å². The van der Waals surface area contributed by atoms with Crippen LogP contribution in [0.15, 0.2) is 34.8 Å². The summed E-state index contributed by atoms with van der Waals surface area (Å²) >= 11 is 2.83. The summed E-state index contributed by atoms with van der Waals surface area (Å²) in [4.78, 5) is 0. The topological polar surface area (TPSA) is 29.5 Å². The van der Waals surface area contributed by atoms with Gasteiger partial charge in [-0.25, -0.2) is 13.2 Å². The fourth-order valence-electron chi connectivity index (χ4n) is 1.86. The van der Waals surface area contributed by atoms with E-state index in [0.29, 0.717) is 0 Å². The molecule has 0 aromatic heterocycles. The highest BCUT2D eigenvalue weighted by Gasteiger charge is 2.24. The number of aliphatic hydroxyl groups excluding tert-OH is 1. The predicted molar refractivity (Wildman–Crippen MR) is 71.1 cm³/mol. The second kappa shape index (κ2) is 5.85. The maximum absolute atomic E-state index is 13.8. The summed E-state index contributed by atoms with van der Waals surface area (Å²) in [6, 6.07) is 5.61. The Bertz CT molecular complexity index is 647. The Hall–Kier alpha value is -1.53. The molecule has 0 amide bonds. The van der Waals surface area contributed by atoms with Gasteiger partial charge in [-0.3, -0.25) is 0 Å². The summed E-state index contributed by atoms with van der Waals surface area (Å²) in [5, 5.41) is 10.1. The van der Waals surface area contributed by atoms with Gasteiger partial charge >= 0.3 is 0 Å². The van der Waals surface area contributed by atoms with E-state index in [2.05, 4.69) is 15.9 Å². The molecule has 0 aliphatic rings. The molecule has 1 atom stereocenters. The van der Waals surface area contributed by atoms with Gasteiger partial charge in [-0.05, 0) is 40.2 Å². The molecular weight excluding hydrogens is 337 g/mol. The molecule has 1 N–H and O–H groups in total.